The molecule has 6 heteroatoms. The van der Waals surface area contributed by atoms with Gasteiger partial charge in [-0.05, 0) is 48.0 Å². The second-order valence-electron chi connectivity index (χ2n) is 4.23. The highest BCUT2D eigenvalue weighted by atomic mass is 35.5. The smallest absolute Gasteiger partial charge is 0.174 e. The average molecular weight is 316 g/mol. The zero-order valence-electron chi connectivity index (χ0n) is 11.9. The number of nitrogens with one attached hydrogen (secondary N) is 1. The van der Waals surface area contributed by atoms with Crippen molar-refractivity contribution in [2.75, 3.05) is 19.1 Å². The molecule has 0 aliphatic rings. The first-order chi connectivity index (χ1) is 10.7. The fourth-order valence-corrected chi connectivity index (χ4v) is 1.83. The van der Waals surface area contributed by atoms with Crippen LogP contribution < -0.4 is 14.9 Å². The minimum atomic E-state index is -0.0259. The van der Waals surface area contributed by atoms with E-state index in [0.29, 0.717) is 16.5 Å². The van der Waals surface area contributed by atoms with Gasteiger partial charge < -0.3 is 9.47 Å². The summed E-state index contributed by atoms with van der Waals surface area (Å²) in [4.78, 5) is 0. The third kappa shape index (κ3) is 4.40. The van der Waals surface area contributed by atoms with Crippen LogP contribution in [0.25, 0.3) is 0 Å². The first kappa shape index (κ1) is 15.7. The highest BCUT2D eigenvalue weighted by Gasteiger charge is 2.04. The molecule has 0 fully saturated rings. The minimum absolute atomic E-state index is 0.0259. The Bertz CT molecular complexity index is 694. The van der Waals surface area contributed by atoms with Gasteiger partial charge in [0.1, 0.15) is 6.07 Å². The van der Waals surface area contributed by atoms with Crippen molar-refractivity contribution in [3.63, 3.8) is 0 Å². The number of anilines is 1. The summed E-state index contributed by atoms with van der Waals surface area (Å²) in [6.45, 7) is -0.0259. The molecular formula is C16H14ClN3O2. The van der Waals surface area contributed by atoms with Gasteiger partial charge in [-0.2, -0.15) is 10.4 Å². The largest absolute Gasteiger partial charge is 0.493 e. The number of hydrogen-bond donors (Lipinski definition) is 1. The predicted molar refractivity (Wildman–Crippen MR) is 86.8 cm³/mol. The topological polar surface area (TPSA) is 66.6 Å². The van der Waals surface area contributed by atoms with Crippen molar-refractivity contribution >= 4 is 23.5 Å². The molecule has 0 heterocycles. The zero-order chi connectivity index (χ0) is 15.8. The van der Waals surface area contributed by atoms with Crippen LogP contribution in [-0.4, -0.2) is 19.9 Å². The second kappa shape index (κ2) is 7.91. The van der Waals surface area contributed by atoms with E-state index in [9.17, 15) is 0 Å². The number of halogens is 1. The lowest BCUT2D eigenvalue weighted by atomic mass is 10.2. The third-order valence-corrected chi connectivity index (χ3v) is 2.98. The fourth-order valence-electron chi connectivity index (χ4n) is 1.70. The lowest BCUT2D eigenvalue weighted by Gasteiger charge is -2.08. The fraction of sp³-hybridized carbons (Fsp3) is 0.125. The molecule has 0 unspecified atom stereocenters. The molecule has 0 aromatic heterocycles. The Morgan fingerprint density at radius 1 is 1.23 bits per heavy atom. The Morgan fingerprint density at radius 2 is 2.00 bits per heavy atom. The van der Waals surface area contributed by atoms with E-state index in [-0.39, 0.29) is 6.61 Å². The molecule has 2 rings (SSSR count). The van der Waals surface area contributed by atoms with Gasteiger partial charge in [-0.25, -0.2) is 0 Å². The maximum Gasteiger partial charge on any atom is 0.174 e. The monoisotopic (exact) mass is 315 g/mol. The Balaban J connectivity index is 2.04. The van der Waals surface area contributed by atoms with E-state index in [4.69, 9.17) is 26.3 Å². The van der Waals surface area contributed by atoms with Gasteiger partial charge in [-0.3, -0.25) is 5.43 Å². The van der Waals surface area contributed by atoms with Crippen LogP contribution in [0.4, 0.5) is 5.69 Å². The highest BCUT2D eigenvalue weighted by Crippen LogP contribution is 2.27. The summed E-state index contributed by atoms with van der Waals surface area (Å²) < 4.78 is 10.5. The molecule has 0 atom stereocenters. The van der Waals surface area contributed by atoms with Crippen molar-refractivity contribution in [3.05, 3.63) is 53.1 Å². The quantitative estimate of drug-likeness (QED) is 0.652. The molecular weight excluding hydrogens is 302 g/mol. The Kier molecular flexibility index (Phi) is 5.64. The number of nitrogens with zero attached hydrogens (tertiary/aromatic N) is 2. The second-order valence-corrected chi connectivity index (χ2v) is 4.67. The Hall–Kier alpha value is -2.71. The first-order valence-corrected chi connectivity index (χ1v) is 6.83. The molecule has 1 N–H and O–H groups in total. The molecule has 0 saturated heterocycles. The summed E-state index contributed by atoms with van der Waals surface area (Å²) in [6.07, 6.45) is 1.66. The van der Waals surface area contributed by atoms with Gasteiger partial charge in [0.05, 0.1) is 19.0 Å². The number of rotatable bonds is 6. The van der Waals surface area contributed by atoms with E-state index >= 15 is 0 Å². The molecule has 22 heavy (non-hydrogen) atoms. The van der Waals surface area contributed by atoms with Gasteiger partial charge in [0.25, 0.3) is 0 Å². The van der Waals surface area contributed by atoms with Crippen molar-refractivity contribution in [2.45, 2.75) is 0 Å². The standard InChI is InChI=1S/C16H14ClN3O2/c1-21-16-10-12(2-7-15(16)22-9-8-18)11-19-20-14-5-3-13(17)4-6-14/h2-7,10-11,20H,9H2,1H3/b19-11-. The molecule has 0 spiro atoms. The molecule has 0 aliphatic heterocycles. The van der Waals surface area contributed by atoms with Crippen LogP contribution in [0, 0.1) is 11.3 Å². The van der Waals surface area contributed by atoms with Gasteiger partial charge in [-0.1, -0.05) is 11.6 Å². The van der Waals surface area contributed by atoms with Crippen LogP contribution in [0.15, 0.2) is 47.6 Å². The first-order valence-electron chi connectivity index (χ1n) is 6.45. The lowest BCUT2D eigenvalue weighted by Crippen LogP contribution is -1.98. The van der Waals surface area contributed by atoms with Gasteiger partial charge >= 0.3 is 0 Å². The van der Waals surface area contributed by atoms with Gasteiger partial charge in [-0.15, -0.1) is 0 Å². The number of nitriles is 1. The molecule has 0 aliphatic carbocycles. The van der Waals surface area contributed by atoms with E-state index in [1.165, 1.54) is 0 Å². The van der Waals surface area contributed by atoms with Crippen LogP contribution in [-0.2, 0) is 0 Å². The molecule has 2 aromatic carbocycles. The summed E-state index contributed by atoms with van der Waals surface area (Å²) in [6, 6.07) is 14.5. The van der Waals surface area contributed by atoms with E-state index in [1.54, 1.807) is 37.6 Å². The summed E-state index contributed by atoms with van der Waals surface area (Å²) in [5, 5.41) is 13.3. The van der Waals surface area contributed by atoms with Crippen molar-refractivity contribution in [1.82, 2.24) is 0 Å². The predicted octanol–water partition coefficient (Wildman–Crippen LogP) is 3.70. The minimum Gasteiger partial charge on any atom is -0.493 e. The van der Waals surface area contributed by atoms with E-state index in [0.717, 1.165) is 11.3 Å². The number of hydrogen-bond acceptors (Lipinski definition) is 5. The maximum atomic E-state index is 8.53. The Morgan fingerprint density at radius 3 is 2.68 bits per heavy atom. The summed E-state index contributed by atoms with van der Waals surface area (Å²) in [7, 11) is 1.54. The molecule has 0 bridgehead atoms. The van der Waals surface area contributed by atoms with Crippen LogP contribution in [0.5, 0.6) is 11.5 Å². The van der Waals surface area contributed by atoms with E-state index in [1.807, 2.05) is 24.3 Å². The van der Waals surface area contributed by atoms with Crippen LogP contribution in [0.2, 0.25) is 5.02 Å². The Labute approximate surface area is 133 Å². The zero-order valence-corrected chi connectivity index (χ0v) is 12.7. The summed E-state index contributed by atoms with van der Waals surface area (Å²) >= 11 is 5.81. The molecule has 0 radical (unpaired) electrons. The van der Waals surface area contributed by atoms with Crippen LogP contribution >= 0.6 is 11.6 Å². The number of hydrazone groups is 1. The number of methoxy groups -OCH3 is 1. The molecule has 2 aromatic rings. The third-order valence-electron chi connectivity index (χ3n) is 2.73. The number of ether oxygens (including phenoxy) is 2. The summed E-state index contributed by atoms with van der Waals surface area (Å²) in [5.74, 6) is 1.07. The van der Waals surface area contributed by atoms with E-state index < -0.39 is 0 Å². The molecule has 0 saturated carbocycles. The van der Waals surface area contributed by atoms with Gasteiger partial charge in [0.15, 0.2) is 18.1 Å². The highest BCUT2D eigenvalue weighted by molar-refractivity contribution is 6.30. The van der Waals surface area contributed by atoms with Gasteiger partial charge in [0, 0.05) is 5.02 Å². The summed E-state index contributed by atoms with van der Waals surface area (Å²) in [5.41, 5.74) is 4.57. The van der Waals surface area contributed by atoms with Crippen LogP contribution in [0.1, 0.15) is 5.56 Å². The SMILES string of the molecule is COc1cc(/C=N\Nc2ccc(Cl)cc2)ccc1OCC#N. The molecule has 5 nitrogen and oxygen atoms in total. The number of benzene rings is 2. The molecule has 0 amide bonds. The van der Waals surface area contributed by atoms with E-state index in [2.05, 4.69) is 10.5 Å². The van der Waals surface area contributed by atoms with Crippen molar-refractivity contribution in [1.29, 1.82) is 5.26 Å². The van der Waals surface area contributed by atoms with Gasteiger partial charge in [0.2, 0.25) is 0 Å². The average Bonchev–Trinajstić information content (AvgIpc) is 2.55. The van der Waals surface area contributed by atoms with Crippen molar-refractivity contribution in [2.24, 2.45) is 5.10 Å². The lowest BCUT2D eigenvalue weighted by molar-refractivity contribution is 0.329. The maximum absolute atomic E-state index is 8.53. The van der Waals surface area contributed by atoms with Crippen molar-refractivity contribution in [3.8, 4) is 17.6 Å². The normalized spacial score (nSPS) is 10.2. The van der Waals surface area contributed by atoms with Crippen LogP contribution in [0.3, 0.4) is 0 Å². The van der Waals surface area contributed by atoms with Crippen molar-refractivity contribution < 1.29 is 9.47 Å². The molecule has 112 valence electrons.